The molecule has 0 radical (unpaired) electrons. The summed E-state index contributed by atoms with van der Waals surface area (Å²) in [5, 5.41) is 14.2. The third kappa shape index (κ3) is 7.92. The molecule has 0 aromatic rings. The molecule has 106 valence electrons. The molecule has 0 rings (SSSR count). The maximum Gasteiger partial charge on any atom is 0.326 e. The summed E-state index contributed by atoms with van der Waals surface area (Å²) in [5.41, 5.74) is 0. The Hall–Kier alpha value is -1.26. The standard InChI is InChI=1S/C13H26N2O3/c1-5-6-11(12(16)17)15-13(18)14-10(4)8-7-9(2)3/h9-11H,5-8H2,1-4H3,(H,16,17)(H2,14,15,18)/t10?,11-/m0/s1. The molecule has 0 heterocycles. The maximum atomic E-state index is 11.6. The monoisotopic (exact) mass is 258 g/mol. The third-order valence-electron chi connectivity index (χ3n) is 2.74. The van der Waals surface area contributed by atoms with Gasteiger partial charge in [0.05, 0.1) is 0 Å². The van der Waals surface area contributed by atoms with Gasteiger partial charge < -0.3 is 15.7 Å². The van der Waals surface area contributed by atoms with E-state index in [2.05, 4.69) is 24.5 Å². The van der Waals surface area contributed by atoms with E-state index in [9.17, 15) is 9.59 Å². The average Bonchev–Trinajstić information content (AvgIpc) is 2.25. The molecule has 3 N–H and O–H groups in total. The van der Waals surface area contributed by atoms with E-state index in [0.29, 0.717) is 12.3 Å². The van der Waals surface area contributed by atoms with Crippen LogP contribution in [-0.4, -0.2) is 29.2 Å². The van der Waals surface area contributed by atoms with Crippen LogP contribution >= 0.6 is 0 Å². The summed E-state index contributed by atoms with van der Waals surface area (Å²) in [5.74, 6) is -0.383. The number of hydrogen-bond acceptors (Lipinski definition) is 2. The van der Waals surface area contributed by atoms with Crippen LogP contribution in [0.2, 0.25) is 0 Å². The highest BCUT2D eigenvalue weighted by Crippen LogP contribution is 2.06. The number of aliphatic carboxylic acids is 1. The van der Waals surface area contributed by atoms with E-state index in [-0.39, 0.29) is 6.04 Å². The van der Waals surface area contributed by atoms with Crippen molar-refractivity contribution in [2.24, 2.45) is 5.92 Å². The van der Waals surface area contributed by atoms with E-state index in [4.69, 9.17) is 5.11 Å². The minimum atomic E-state index is -0.984. The van der Waals surface area contributed by atoms with E-state index in [0.717, 1.165) is 19.3 Å². The highest BCUT2D eigenvalue weighted by Gasteiger charge is 2.19. The summed E-state index contributed by atoms with van der Waals surface area (Å²) in [6.45, 7) is 8.08. The topological polar surface area (TPSA) is 78.4 Å². The molecule has 0 spiro atoms. The fraction of sp³-hybridized carbons (Fsp3) is 0.846. The largest absolute Gasteiger partial charge is 0.480 e. The minimum absolute atomic E-state index is 0.0588. The van der Waals surface area contributed by atoms with Gasteiger partial charge in [-0.1, -0.05) is 27.2 Å². The number of amides is 2. The summed E-state index contributed by atoms with van der Waals surface area (Å²) in [4.78, 5) is 22.5. The lowest BCUT2D eigenvalue weighted by atomic mass is 10.0. The lowest BCUT2D eigenvalue weighted by molar-refractivity contribution is -0.139. The zero-order chi connectivity index (χ0) is 14.1. The van der Waals surface area contributed by atoms with Gasteiger partial charge in [0.1, 0.15) is 6.04 Å². The second-order valence-corrected chi connectivity index (χ2v) is 5.17. The quantitative estimate of drug-likeness (QED) is 0.625. The maximum absolute atomic E-state index is 11.6. The number of rotatable bonds is 8. The van der Waals surface area contributed by atoms with Gasteiger partial charge in [-0.25, -0.2) is 9.59 Å². The Morgan fingerprint density at radius 1 is 1.06 bits per heavy atom. The molecule has 1 unspecified atom stereocenters. The molecule has 0 aliphatic rings. The molecule has 0 saturated carbocycles. The molecule has 0 saturated heterocycles. The van der Waals surface area contributed by atoms with Crippen LogP contribution < -0.4 is 10.6 Å². The summed E-state index contributed by atoms with van der Waals surface area (Å²) < 4.78 is 0. The van der Waals surface area contributed by atoms with Crippen molar-refractivity contribution in [2.75, 3.05) is 0 Å². The number of carboxylic acids is 1. The van der Waals surface area contributed by atoms with E-state index in [1.165, 1.54) is 0 Å². The van der Waals surface area contributed by atoms with Gasteiger partial charge in [0.25, 0.3) is 0 Å². The highest BCUT2D eigenvalue weighted by molar-refractivity contribution is 5.82. The van der Waals surface area contributed by atoms with Crippen molar-refractivity contribution in [1.29, 1.82) is 0 Å². The number of hydrogen-bond donors (Lipinski definition) is 3. The molecule has 2 amide bonds. The Morgan fingerprint density at radius 3 is 2.11 bits per heavy atom. The minimum Gasteiger partial charge on any atom is -0.480 e. The Labute approximate surface area is 109 Å². The predicted molar refractivity (Wildman–Crippen MR) is 71.5 cm³/mol. The molecule has 0 fully saturated rings. The van der Waals surface area contributed by atoms with Crippen LogP contribution in [0, 0.1) is 5.92 Å². The smallest absolute Gasteiger partial charge is 0.326 e. The molecular weight excluding hydrogens is 232 g/mol. The zero-order valence-corrected chi connectivity index (χ0v) is 11.8. The van der Waals surface area contributed by atoms with Gasteiger partial charge in [-0.05, 0) is 32.1 Å². The van der Waals surface area contributed by atoms with Crippen LogP contribution in [0.25, 0.3) is 0 Å². The zero-order valence-electron chi connectivity index (χ0n) is 11.8. The Balaban J connectivity index is 4.03. The van der Waals surface area contributed by atoms with Gasteiger partial charge in [0, 0.05) is 6.04 Å². The number of carboxylic acid groups (broad SMARTS) is 1. The molecule has 5 heteroatoms. The summed E-state index contributed by atoms with van der Waals surface area (Å²) in [6.07, 6.45) is 3.11. The van der Waals surface area contributed by atoms with Gasteiger partial charge >= 0.3 is 12.0 Å². The lowest BCUT2D eigenvalue weighted by Gasteiger charge is -2.18. The van der Waals surface area contributed by atoms with Crippen molar-refractivity contribution in [1.82, 2.24) is 10.6 Å². The van der Waals surface area contributed by atoms with Gasteiger partial charge in [0.2, 0.25) is 0 Å². The van der Waals surface area contributed by atoms with E-state index < -0.39 is 18.0 Å². The van der Waals surface area contributed by atoms with Crippen LogP contribution in [0.3, 0.4) is 0 Å². The second kappa shape index (κ2) is 8.78. The van der Waals surface area contributed by atoms with Gasteiger partial charge in [-0.2, -0.15) is 0 Å². The molecule has 0 aromatic heterocycles. The first-order valence-corrected chi connectivity index (χ1v) is 6.66. The van der Waals surface area contributed by atoms with Crippen molar-refractivity contribution in [3.8, 4) is 0 Å². The first-order chi connectivity index (χ1) is 8.36. The molecule has 0 aliphatic heterocycles. The lowest BCUT2D eigenvalue weighted by Crippen LogP contribution is -2.48. The summed E-state index contributed by atoms with van der Waals surface area (Å²) in [6, 6.07) is -1.14. The normalized spacial score (nSPS) is 14.1. The first kappa shape index (κ1) is 16.7. The Bertz CT molecular complexity index is 267. The molecular formula is C13H26N2O3. The highest BCUT2D eigenvalue weighted by atomic mass is 16.4. The van der Waals surface area contributed by atoms with Crippen molar-refractivity contribution in [3.63, 3.8) is 0 Å². The first-order valence-electron chi connectivity index (χ1n) is 6.66. The molecule has 0 bridgehead atoms. The van der Waals surface area contributed by atoms with Crippen LogP contribution in [-0.2, 0) is 4.79 Å². The van der Waals surface area contributed by atoms with Gasteiger partial charge in [-0.3, -0.25) is 0 Å². The van der Waals surface area contributed by atoms with Crippen LogP contribution in [0.5, 0.6) is 0 Å². The molecule has 18 heavy (non-hydrogen) atoms. The Kier molecular flexibility index (Phi) is 8.16. The van der Waals surface area contributed by atoms with Crippen LogP contribution in [0.4, 0.5) is 4.79 Å². The summed E-state index contributed by atoms with van der Waals surface area (Å²) >= 11 is 0. The van der Waals surface area contributed by atoms with Crippen molar-refractivity contribution >= 4 is 12.0 Å². The molecule has 0 aliphatic carbocycles. The average molecular weight is 258 g/mol. The molecule has 0 aromatic carbocycles. The predicted octanol–water partition coefficient (Wildman–Crippen LogP) is 2.36. The van der Waals surface area contributed by atoms with Crippen LogP contribution in [0.1, 0.15) is 53.4 Å². The SMILES string of the molecule is CCC[C@H](NC(=O)NC(C)CCC(C)C)C(=O)O. The second-order valence-electron chi connectivity index (χ2n) is 5.17. The van der Waals surface area contributed by atoms with Crippen LogP contribution in [0.15, 0.2) is 0 Å². The Morgan fingerprint density at radius 2 is 1.67 bits per heavy atom. The number of urea groups is 1. The fourth-order valence-electron chi connectivity index (χ4n) is 1.63. The fourth-order valence-corrected chi connectivity index (χ4v) is 1.63. The number of nitrogens with one attached hydrogen (secondary N) is 2. The van der Waals surface area contributed by atoms with Gasteiger partial charge in [-0.15, -0.1) is 0 Å². The van der Waals surface area contributed by atoms with E-state index in [1.54, 1.807) is 0 Å². The molecule has 2 atom stereocenters. The molecule has 5 nitrogen and oxygen atoms in total. The van der Waals surface area contributed by atoms with Crippen molar-refractivity contribution < 1.29 is 14.7 Å². The van der Waals surface area contributed by atoms with Crippen molar-refractivity contribution in [2.45, 2.75) is 65.5 Å². The van der Waals surface area contributed by atoms with Crippen molar-refractivity contribution in [3.05, 3.63) is 0 Å². The van der Waals surface area contributed by atoms with Gasteiger partial charge in [0.15, 0.2) is 0 Å². The summed E-state index contributed by atoms with van der Waals surface area (Å²) in [7, 11) is 0. The van der Waals surface area contributed by atoms with E-state index in [1.807, 2.05) is 13.8 Å². The number of carbonyl (C=O) groups is 2. The number of carbonyl (C=O) groups excluding carboxylic acids is 1. The third-order valence-corrected chi connectivity index (χ3v) is 2.74. The van der Waals surface area contributed by atoms with E-state index >= 15 is 0 Å².